The van der Waals surface area contributed by atoms with Crippen molar-refractivity contribution in [2.24, 2.45) is 11.7 Å². The zero-order chi connectivity index (χ0) is 26.1. The predicted molar refractivity (Wildman–Crippen MR) is 134 cm³/mol. The number of nitrogens with one attached hydrogen (secondary N) is 2. The van der Waals surface area contributed by atoms with E-state index in [1.54, 1.807) is 26.0 Å². The van der Waals surface area contributed by atoms with Crippen LogP contribution in [0.25, 0.3) is 0 Å². The summed E-state index contributed by atoms with van der Waals surface area (Å²) in [6.07, 6.45) is 3.45. The third kappa shape index (κ3) is 8.14. The molecule has 4 atom stereocenters. The smallest absolute Gasteiger partial charge is 0.326 e. The Morgan fingerprint density at radius 1 is 1.17 bits per heavy atom. The number of phenolic OH excluding ortho intramolecular Hbond substituents is 1. The van der Waals surface area contributed by atoms with Gasteiger partial charge in [0.2, 0.25) is 17.7 Å². The molecule has 0 aromatic heterocycles. The molecule has 3 amide bonds. The Labute approximate surface area is 210 Å². The Morgan fingerprint density at radius 2 is 1.83 bits per heavy atom. The number of carbonyl (C=O) groups excluding carboxylic acids is 3. The number of aromatic hydroxyl groups is 1. The van der Waals surface area contributed by atoms with Crippen LogP contribution in [-0.2, 0) is 25.6 Å². The number of likely N-dealkylation sites (tertiary alicyclic amines) is 1. The standard InChI is InChI=1S/C24H36N4O6S/c1-14(2)20(22(31)26-18(24(33)34)10-12-35-3)27-21(30)19-5-4-11-28(19)23(32)17(25)13-15-6-8-16(29)9-7-15/h6-9,14,17-20,29H,4-5,10-13,25H2,1-3H3,(H,26,31)(H,27,30)(H,33,34). The lowest BCUT2D eigenvalue weighted by Gasteiger charge is -2.29. The van der Waals surface area contributed by atoms with Gasteiger partial charge >= 0.3 is 5.97 Å². The lowest BCUT2D eigenvalue weighted by Crippen LogP contribution is -2.58. The molecule has 1 heterocycles. The highest BCUT2D eigenvalue weighted by atomic mass is 32.2. The van der Waals surface area contributed by atoms with Crippen LogP contribution in [0.4, 0.5) is 0 Å². The van der Waals surface area contributed by atoms with Crippen molar-refractivity contribution in [2.75, 3.05) is 18.6 Å². The number of hydrogen-bond acceptors (Lipinski definition) is 7. The summed E-state index contributed by atoms with van der Waals surface area (Å²) < 4.78 is 0. The minimum atomic E-state index is -1.13. The molecule has 0 bridgehead atoms. The zero-order valence-electron chi connectivity index (χ0n) is 20.4. The molecule has 1 aliphatic heterocycles. The van der Waals surface area contributed by atoms with Gasteiger partial charge < -0.3 is 31.5 Å². The van der Waals surface area contributed by atoms with E-state index < -0.39 is 42.0 Å². The second-order valence-corrected chi connectivity index (χ2v) is 10.1. The van der Waals surface area contributed by atoms with Crippen molar-refractivity contribution >= 4 is 35.5 Å². The fourth-order valence-electron chi connectivity index (χ4n) is 4.03. The highest BCUT2D eigenvalue weighted by Crippen LogP contribution is 2.20. The number of rotatable bonds is 12. The molecule has 0 aliphatic carbocycles. The van der Waals surface area contributed by atoms with E-state index in [9.17, 15) is 29.4 Å². The van der Waals surface area contributed by atoms with Crippen LogP contribution in [0.3, 0.4) is 0 Å². The highest BCUT2D eigenvalue weighted by molar-refractivity contribution is 7.98. The van der Waals surface area contributed by atoms with Crippen LogP contribution in [0.2, 0.25) is 0 Å². The number of carboxylic acids is 1. The largest absolute Gasteiger partial charge is 0.508 e. The van der Waals surface area contributed by atoms with E-state index >= 15 is 0 Å². The Hall–Kier alpha value is -2.79. The average Bonchev–Trinajstić information content (AvgIpc) is 3.30. The maximum atomic E-state index is 13.1. The molecule has 35 heavy (non-hydrogen) atoms. The number of carbonyl (C=O) groups is 4. The maximum Gasteiger partial charge on any atom is 0.326 e. The molecule has 0 saturated carbocycles. The van der Waals surface area contributed by atoms with Crippen LogP contribution in [0, 0.1) is 5.92 Å². The summed E-state index contributed by atoms with van der Waals surface area (Å²) in [7, 11) is 0. The molecule has 1 fully saturated rings. The van der Waals surface area contributed by atoms with Crippen molar-refractivity contribution in [3.8, 4) is 5.75 Å². The summed E-state index contributed by atoms with van der Waals surface area (Å²) in [5.74, 6) is -2.12. The predicted octanol–water partition coefficient (Wildman–Crippen LogP) is 0.716. The monoisotopic (exact) mass is 508 g/mol. The molecular weight excluding hydrogens is 472 g/mol. The first-order valence-electron chi connectivity index (χ1n) is 11.7. The van der Waals surface area contributed by atoms with Crippen molar-refractivity contribution < 1.29 is 29.4 Å². The topological polar surface area (TPSA) is 162 Å². The van der Waals surface area contributed by atoms with Crippen LogP contribution in [0.15, 0.2) is 24.3 Å². The Kier molecular flexibility index (Phi) is 10.8. The van der Waals surface area contributed by atoms with E-state index in [4.69, 9.17) is 5.73 Å². The Bertz CT molecular complexity index is 895. The van der Waals surface area contributed by atoms with Gasteiger partial charge in [-0.3, -0.25) is 14.4 Å². The molecule has 11 heteroatoms. The SMILES string of the molecule is CSCCC(NC(=O)C(NC(=O)C1CCCN1C(=O)C(N)Cc1ccc(O)cc1)C(C)C)C(=O)O. The van der Waals surface area contributed by atoms with E-state index in [1.807, 2.05) is 6.26 Å². The number of phenols is 1. The van der Waals surface area contributed by atoms with Crippen LogP contribution in [0.1, 0.15) is 38.7 Å². The first kappa shape index (κ1) is 28.4. The minimum Gasteiger partial charge on any atom is -0.508 e. The molecule has 1 aromatic carbocycles. The van der Waals surface area contributed by atoms with Crippen LogP contribution in [-0.4, -0.2) is 81.5 Å². The number of hydrogen-bond donors (Lipinski definition) is 5. The van der Waals surface area contributed by atoms with Crippen molar-refractivity contribution in [3.05, 3.63) is 29.8 Å². The summed E-state index contributed by atoms with van der Waals surface area (Å²) in [4.78, 5) is 52.0. The molecule has 194 valence electrons. The van der Waals surface area contributed by atoms with E-state index in [1.165, 1.54) is 28.8 Å². The summed E-state index contributed by atoms with van der Waals surface area (Å²) in [5.41, 5.74) is 6.93. The Morgan fingerprint density at radius 3 is 2.40 bits per heavy atom. The second kappa shape index (κ2) is 13.3. The van der Waals surface area contributed by atoms with Crippen LogP contribution < -0.4 is 16.4 Å². The third-order valence-electron chi connectivity index (χ3n) is 6.02. The average molecular weight is 509 g/mol. The maximum absolute atomic E-state index is 13.1. The van der Waals surface area contributed by atoms with Gasteiger partial charge in [-0.1, -0.05) is 26.0 Å². The number of amides is 3. The normalized spacial score (nSPS) is 18.1. The molecule has 0 radical (unpaired) electrons. The zero-order valence-corrected chi connectivity index (χ0v) is 21.2. The number of nitrogens with two attached hydrogens (primary N) is 1. The van der Waals surface area contributed by atoms with E-state index in [-0.39, 0.29) is 30.4 Å². The first-order valence-corrected chi connectivity index (χ1v) is 13.1. The molecule has 2 rings (SSSR count). The summed E-state index contributed by atoms with van der Waals surface area (Å²) in [6, 6.07) is 2.81. The van der Waals surface area contributed by atoms with E-state index in [2.05, 4.69) is 10.6 Å². The van der Waals surface area contributed by atoms with Gasteiger partial charge in [0.15, 0.2) is 0 Å². The van der Waals surface area contributed by atoms with Gasteiger partial charge in [0.25, 0.3) is 0 Å². The fraction of sp³-hybridized carbons (Fsp3) is 0.583. The van der Waals surface area contributed by atoms with E-state index in [0.717, 1.165) is 5.56 Å². The number of nitrogens with zero attached hydrogens (tertiary/aromatic N) is 1. The van der Waals surface area contributed by atoms with Gasteiger partial charge in [-0.25, -0.2) is 4.79 Å². The third-order valence-corrected chi connectivity index (χ3v) is 6.66. The number of benzene rings is 1. The van der Waals surface area contributed by atoms with E-state index in [0.29, 0.717) is 25.1 Å². The summed E-state index contributed by atoms with van der Waals surface area (Å²) in [5, 5.41) is 24.1. The highest BCUT2D eigenvalue weighted by Gasteiger charge is 2.38. The molecule has 1 saturated heterocycles. The molecule has 1 aliphatic rings. The lowest BCUT2D eigenvalue weighted by atomic mass is 10.0. The van der Waals surface area contributed by atoms with Gasteiger partial charge in [0.1, 0.15) is 23.9 Å². The molecule has 10 nitrogen and oxygen atoms in total. The first-order chi connectivity index (χ1) is 16.5. The van der Waals surface area contributed by atoms with Crippen molar-refractivity contribution in [1.29, 1.82) is 0 Å². The van der Waals surface area contributed by atoms with Gasteiger partial charge in [-0.05, 0) is 61.3 Å². The van der Waals surface area contributed by atoms with Gasteiger partial charge in [-0.15, -0.1) is 0 Å². The minimum absolute atomic E-state index is 0.118. The molecule has 4 unspecified atom stereocenters. The quantitative estimate of drug-likeness (QED) is 0.276. The van der Waals surface area contributed by atoms with Crippen molar-refractivity contribution in [2.45, 2.75) is 63.7 Å². The lowest BCUT2D eigenvalue weighted by molar-refractivity contribution is -0.143. The fourth-order valence-corrected chi connectivity index (χ4v) is 4.50. The van der Waals surface area contributed by atoms with Crippen molar-refractivity contribution in [1.82, 2.24) is 15.5 Å². The molecular formula is C24H36N4O6S. The Balaban J connectivity index is 2.04. The van der Waals surface area contributed by atoms with Crippen molar-refractivity contribution in [3.63, 3.8) is 0 Å². The van der Waals surface area contributed by atoms with Gasteiger partial charge in [-0.2, -0.15) is 11.8 Å². The van der Waals surface area contributed by atoms with Gasteiger partial charge in [0.05, 0.1) is 6.04 Å². The molecule has 6 N–H and O–H groups in total. The van der Waals surface area contributed by atoms with Crippen LogP contribution in [0.5, 0.6) is 5.75 Å². The number of thioether (sulfide) groups is 1. The number of carboxylic acid groups (broad SMARTS) is 1. The van der Waals surface area contributed by atoms with Crippen LogP contribution >= 0.6 is 11.8 Å². The summed E-state index contributed by atoms with van der Waals surface area (Å²) >= 11 is 1.48. The van der Waals surface area contributed by atoms with Gasteiger partial charge in [0, 0.05) is 6.54 Å². The number of aliphatic carboxylic acids is 1. The molecule has 0 spiro atoms. The second-order valence-electron chi connectivity index (χ2n) is 9.08. The summed E-state index contributed by atoms with van der Waals surface area (Å²) in [6.45, 7) is 3.90. The molecule has 1 aromatic rings.